The second-order valence-electron chi connectivity index (χ2n) is 6.83. The zero-order chi connectivity index (χ0) is 21.3. The number of carboxylic acid groups (broad SMARTS) is 1. The lowest BCUT2D eigenvalue weighted by Gasteiger charge is -2.25. The summed E-state index contributed by atoms with van der Waals surface area (Å²) >= 11 is 6.34. The van der Waals surface area contributed by atoms with Crippen LogP contribution in [0.1, 0.15) is 34.5 Å². The molecule has 1 amide bonds. The number of hydrogen-bond donors (Lipinski definition) is 3. The van der Waals surface area contributed by atoms with Crippen molar-refractivity contribution in [1.82, 2.24) is 9.78 Å². The van der Waals surface area contributed by atoms with Gasteiger partial charge in [0.15, 0.2) is 0 Å². The van der Waals surface area contributed by atoms with Crippen molar-refractivity contribution < 1.29 is 14.7 Å². The summed E-state index contributed by atoms with van der Waals surface area (Å²) in [6.45, 7) is 2.06. The van der Waals surface area contributed by atoms with Gasteiger partial charge in [0.05, 0.1) is 6.20 Å². The fourth-order valence-electron chi connectivity index (χ4n) is 3.35. The van der Waals surface area contributed by atoms with E-state index in [-0.39, 0.29) is 11.3 Å². The Morgan fingerprint density at radius 3 is 2.60 bits per heavy atom. The molecule has 1 unspecified atom stereocenters. The first-order valence-electron chi connectivity index (χ1n) is 9.42. The summed E-state index contributed by atoms with van der Waals surface area (Å²) in [5, 5.41) is 20.0. The van der Waals surface area contributed by atoms with Crippen molar-refractivity contribution in [3.63, 3.8) is 0 Å². The van der Waals surface area contributed by atoms with Crippen LogP contribution >= 0.6 is 11.6 Å². The highest BCUT2D eigenvalue weighted by atomic mass is 35.5. The van der Waals surface area contributed by atoms with Crippen LogP contribution in [0.15, 0.2) is 66.5 Å². The summed E-state index contributed by atoms with van der Waals surface area (Å²) in [6.07, 6.45) is 3.85. The number of benzene rings is 2. The van der Waals surface area contributed by atoms with Gasteiger partial charge >= 0.3 is 5.97 Å². The zero-order valence-corrected chi connectivity index (χ0v) is 16.8. The van der Waals surface area contributed by atoms with Crippen LogP contribution in [0.2, 0.25) is 5.02 Å². The van der Waals surface area contributed by atoms with Crippen molar-refractivity contribution in [1.29, 1.82) is 0 Å². The number of rotatable bonds is 5. The molecule has 1 aliphatic heterocycles. The minimum atomic E-state index is -1.14. The molecule has 0 aliphatic carbocycles. The Morgan fingerprint density at radius 2 is 1.93 bits per heavy atom. The number of allylic oxidation sites excluding steroid dienone is 1. The molecule has 0 saturated heterocycles. The molecule has 3 aromatic rings. The average Bonchev–Trinajstić information content (AvgIpc) is 3.18. The molecule has 1 aromatic heterocycles. The van der Waals surface area contributed by atoms with E-state index in [9.17, 15) is 14.7 Å². The topological polar surface area (TPSA) is 96.3 Å². The molecule has 0 bridgehead atoms. The highest BCUT2D eigenvalue weighted by Crippen LogP contribution is 2.35. The van der Waals surface area contributed by atoms with Crippen LogP contribution < -0.4 is 10.6 Å². The van der Waals surface area contributed by atoms with Crippen LogP contribution in [-0.2, 0) is 11.2 Å². The van der Waals surface area contributed by atoms with Gasteiger partial charge in [-0.2, -0.15) is 5.10 Å². The van der Waals surface area contributed by atoms with Crippen molar-refractivity contribution in [2.24, 2.45) is 0 Å². The SMILES string of the molecule is CCc1ccc(NC(=O)c2cnn3c2NC(C(=O)O)=CC3c2ccccc2Cl)cc1. The number of aromatic nitrogens is 2. The van der Waals surface area contributed by atoms with Gasteiger partial charge in [0.2, 0.25) is 0 Å². The summed E-state index contributed by atoms with van der Waals surface area (Å²) < 4.78 is 1.56. The molecule has 0 spiro atoms. The zero-order valence-electron chi connectivity index (χ0n) is 16.1. The maximum absolute atomic E-state index is 12.9. The fraction of sp³-hybridized carbons (Fsp3) is 0.136. The van der Waals surface area contributed by atoms with Gasteiger partial charge in [-0.15, -0.1) is 0 Å². The third-order valence-electron chi connectivity index (χ3n) is 4.96. The number of nitrogens with one attached hydrogen (secondary N) is 2. The number of nitrogens with zero attached hydrogens (tertiary/aromatic N) is 2. The van der Waals surface area contributed by atoms with Gasteiger partial charge in [0.25, 0.3) is 5.91 Å². The minimum Gasteiger partial charge on any atom is -0.477 e. The first kappa shape index (κ1) is 19.7. The van der Waals surface area contributed by atoms with E-state index in [0.717, 1.165) is 12.0 Å². The quantitative estimate of drug-likeness (QED) is 0.568. The highest BCUT2D eigenvalue weighted by molar-refractivity contribution is 6.31. The first-order chi connectivity index (χ1) is 14.5. The second kappa shape index (κ2) is 8.04. The Kier molecular flexibility index (Phi) is 5.29. The molecule has 0 fully saturated rings. The van der Waals surface area contributed by atoms with Gasteiger partial charge < -0.3 is 15.7 Å². The molecule has 2 aromatic carbocycles. The highest BCUT2D eigenvalue weighted by Gasteiger charge is 2.30. The second-order valence-corrected chi connectivity index (χ2v) is 7.24. The van der Waals surface area contributed by atoms with Gasteiger partial charge in [-0.25, -0.2) is 9.48 Å². The molecular formula is C22H19ClN4O3. The van der Waals surface area contributed by atoms with Gasteiger partial charge in [-0.1, -0.05) is 48.9 Å². The third kappa shape index (κ3) is 3.67. The number of amides is 1. The molecule has 7 nitrogen and oxygen atoms in total. The standard InChI is InChI=1S/C22H19ClN4O3/c1-2-13-7-9-14(10-8-13)25-21(28)16-12-24-27-19(15-5-3-4-6-17(15)23)11-18(22(29)30)26-20(16)27/h3-12,19,26H,2H2,1H3,(H,25,28)(H,29,30). The lowest BCUT2D eigenvalue weighted by atomic mass is 10.0. The first-order valence-corrected chi connectivity index (χ1v) is 9.80. The number of halogens is 1. The summed E-state index contributed by atoms with van der Waals surface area (Å²) in [7, 11) is 0. The maximum atomic E-state index is 12.9. The predicted molar refractivity (Wildman–Crippen MR) is 115 cm³/mol. The molecular weight excluding hydrogens is 404 g/mol. The van der Waals surface area contributed by atoms with E-state index >= 15 is 0 Å². The molecule has 8 heteroatoms. The monoisotopic (exact) mass is 422 g/mol. The van der Waals surface area contributed by atoms with Crippen LogP contribution in [0.4, 0.5) is 11.5 Å². The van der Waals surface area contributed by atoms with Crippen molar-refractivity contribution in [3.05, 3.63) is 88.2 Å². The van der Waals surface area contributed by atoms with E-state index in [1.54, 1.807) is 22.9 Å². The van der Waals surface area contributed by atoms with E-state index in [0.29, 0.717) is 22.1 Å². The summed E-state index contributed by atoms with van der Waals surface area (Å²) in [5.74, 6) is -1.24. The molecule has 0 saturated carbocycles. The number of carbonyl (C=O) groups excluding carboxylic acids is 1. The van der Waals surface area contributed by atoms with Crippen molar-refractivity contribution in [2.45, 2.75) is 19.4 Å². The Hall–Kier alpha value is -3.58. The summed E-state index contributed by atoms with van der Waals surface area (Å²) in [4.78, 5) is 24.6. The Balaban J connectivity index is 1.70. The van der Waals surface area contributed by atoms with E-state index in [1.165, 1.54) is 12.3 Å². The normalized spacial score (nSPS) is 15.0. The van der Waals surface area contributed by atoms with Crippen molar-refractivity contribution >= 4 is 35.0 Å². The summed E-state index contributed by atoms with van der Waals surface area (Å²) in [5.41, 5.74) is 2.68. The number of hydrogen-bond acceptors (Lipinski definition) is 4. The van der Waals surface area contributed by atoms with E-state index in [1.807, 2.05) is 30.3 Å². The maximum Gasteiger partial charge on any atom is 0.352 e. The van der Waals surface area contributed by atoms with Gasteiger partial charge in [0.1, 0.15) is 23.1 Å². The number of aliphatic carboxylic acids is 1. The van der Waals surface area contributed by atoms with E-state index in [2.05, 4.69) is 22.7 Å². The van der Waals surface area contributed by atoms with Crippen LogP contribution in [-0.4, -0.2) is 26.8 Å². The molecule has 4 rings (SSSR count). The van der Waals surface area contributed by atoms with E-state index in [4.69, 9.17) is 11.6 Å². The van der Waals surface area contributed by atoms with Crippen LogP contribution in [0.3, 0.4) is 0 Å². The molecule has 152 valence electrons. The van der Waals surface area contributed by atoms with E-state index < -0.39 is 17.9 Å². The van der Waals surface area contributed by atoms with Crippen molar-refractivity contribution in [3.8, 4) is 0 Å². The molecule has 30 heavy (non-hydrogen) atoms. The smallest absolute Gasteiger partial charge is 0.352 e. The third-order valence-corrected chi connectivity index (χ3v) is 5.30. The number of carbonyl (C=O) groups is 2. The summed E-state index contributed by atoms with van der Waals surface area (Å²) in [6, 6.07) is 14.1. The number of carboxylic acids is 1. The number of fused-ring (bicyclic) bond motifs is 1. The molecule has 3 N–H and O–H groups in total. The fourth-order valence-corrected chi connectivity index (χ4v) is 3.59. The number of anilines is 2. The predicted octanol–water partition coefficient (Wildman–Crippen LogP) is 4.33. The van der Waals surface area contributed by atoms with Crippen LogP contribution in [0.5, 0.6) is 0 Å². The molecule has 1 aliphatic rings. The Bertz CT molecular complexity index is 1150. The van der Waals surface area contributed by atoms with Gasteiger partial charge in [-0.05, 0) is 41.8 Å². The average molecular weight is 423 g/mol. The lowest BCUT2D eigenvalue weighted by Crippen LogP contribution is -2.25. The van der Waals surface area contributed by atoms with Crippen LogP contribution in [0.25, 0.3) is 0 Å². The van der Waals surface area contributed by atoms with Crippen LogP contribution in [0, 0.1) is 0 Å². The number of aryl methyl sites for hydroxylation is 1. The van der Waals surface area contributed by atoms with Gasteiger partial charge in [-0.3, -0.25) is 4.79 Å². The molecule has 0 radical (unpaired) electrons. The minimum absolute atomic E-state index is 0.0470. The Morgan fingerprint density at radius 1 is 1.20 bits per heavy atom. The molecule has 1 atom stereocenters. The molecule has 2 heterocycles. The Labute approximate surface area is 178 Å². The van der Waals surface area contributed by atoms with Crippen molar-refractivity contribution in [2.75, 3.05) is 10.6 Å². The largest absolute Gasteiger partial charge is 0.477 e. The lowest BCUT2D eigenvalue weighted by molar-refractivity contribution is -0.132. The van der Waals surface area contributed by atoms with Gasteiger partial charge in [0, 0.05) is 10.7 Å².